The largest absolute Gasteiger partial charge is 0.483 e. The Morgan fingerprint density at radius 3 is 2.34 bits per heavy atom. The number of amides is 2. The topological polar surface area (TPSA) is 216 Å². The second-order valence-electron chi connectivity index (χ2n) is 6.83. The molecule has 0 bridgehead atoms. The molecular formula is C22H31N9O4. The molecule has 0 spiro atoms. The summed E-state index contributed by atoms with van der Waals surface area (Å²) < 4.78 is 0. The van der Waals surface area contributed by atoms with Crippen molar-refractivity contribution in [2.24, 2.45) is 5.73 Å². The molecule has 2 aromatic heterocycles. The first-order valence-corrected chi connectivity index (χ1v) is 10.7. The highest BCUT2D eigenvalue weighted by atomic mass is 16.3. The monoisotopic (exact) mass is 485 g/mol. The molecule has 0 saturated heterocycles. The number of anilines is 3. The molecule has 0 aliphatic heterocycles. The van der Waals surface area contributed by atoms with Gasteiger partial charge in [-0.25, -0.2) is 9.97 Å². The number of rotatable bonds is 8. The Morgan fingerprint density at radius 2 is 1.74 bits per heavy atom. The third-order valence-electron chi connectivity index (χ3n) is 4.36. The van der Waals surface area contributed by atoms with Crippen LogP contribution in [-0.4, -0.2) is 56.9 Å². The van der Waals surface area contributed by atoms with Crippen LogP contribution in [0.2, 0.25) is 0 Å². The van der Waals surface area contributed by atoms with E-state index in [0.717, 1.165) is 5.69 Å². The van der Waals surface area contributed by atoms with Gasteiger partial charge in [-0.15, -0.1) is 0 Å². The van der Waals surface area contributed by atoms with Crippen molar-refractivity contribution in [1.29, 1.82) is 0 Å². The number of benzene rings is 1. The van der Waals surface area contributed by atoms with E-state index in [1.165, 1.54) is 0 Å². The molecule has 3 aromatic rings. The van der Waals surface area contributed by atoms with Gasteiger partial charge < -0.3 is 32.5 Å². The second kappa shape index (κ2) is 14.6. The van der Waals surface area contributed by atoms with E-state index in [1.807, 2.05) is 37.9 Å². The number of nitrogen functional groups attached to an aromatic ring is 2. The number of aromatic nitrogens is 4. The van der Waals surface area contributed by atoms with Gasteiger partial charge in [-0.05, 0) is 30.7 Å². The van der Waals surface area contributed by atoms with Crippen molar-refractivity contribution in [2.45, 2.75) is 33.2 Å². The van der Waals surface area contributed by atoms with Crippen molar-refractivity contribution < 1.29 is 19.5 Å². The molecule has 0 atom stereocenters. The zero-order valence-electron chi connectivity index (χ0n) is 19.9. The minimum Gasteiger partial charge on any atom is -0.483 e. The van der Waals surface area contributed by atoms with E-state index in [0.29, 0.717) is 41.9 Å². The summed E-state index contributed by atoms with van der Waals surface area (Å²) in [6.45, 7) is 4.61. The normalized spacial score (nSPS) is 9.69. The van der Waals surface area contributed by atoms with Crippen LogP contribution in [0.15, 0.2) is 30.5 Å². The van der Waals surface area contributed by atoms with E-state index in [9.17, 15) is 9.59 Å². The maximum atomic E-state index is 12.2. The molecule has 8 N–H and O–H groups in total. The van der Waals surface area contributed by atoms with E-state index in [2.05, 4.69) is 25.3 Å². The first-order valence-electron chi connectivity index (χ1n) is 10.7. The lowest BCUT2D eigenvalue weighted by Crippen LogP contribution is -2.25. The number of carbonyl (C=O) groups is 3. The predicted octanol–water partition coefficient (Wildman–Crippen LogP) is 0.943. The average Bonchev–Trinajstić information content (AvgIpc) is 2.84. The number of nitrogens with zero attached hydrogens (tertiary/aromatic N) is 5. The molecule has 0 aliphatic carbocycles. The summed E-state index contributed by atoms with van der Waals surface area (Å²) in [6.07, 6.45) is 2.36. The van der Waals surface area contributed by atoms with Crippen LogP contribution in [-0.2, 0) is 16.1 Å². The first-order chi connectivity index (χ1) is 16.7. The Morgan fingerprint density at radius 1 is 1.11 bits per heavy atom. The lowest BCUT2D eigenvalue weighted by Gasteiger charge is -2.19. The Hall–Kier alpha value is -4.55. The zero-order chi connectivity index (χ0) is 26.4. The maximum absolute atomic E-state index is 12.2. The Kier molecular flexibility index (Phi) is 11.9. The summed E-state index contributed by atoms with van der Waals surface area (Å²) in [6, 6.07) is 7.14. The second-order valence-corrected chi connectivity index (χ2v) is 6.83. The molecule has 1 aromatic carbocycles. The van der Waals surface area contributed by atoms with Crippen molar-refractivity contribution in [1.82, 2.24) is 25.3 Å². The lowest BCUT2D eigenvalue weighted by atomic mass is 10.1. The number of fused-ring (bicyclic) bond motifs is 1. The fourth-order valence-electron chi connectivity index (χ4n) is 2.83. The fraction of sp³-hybridized carbons (Fsp3) is 0.318. The Bertz CT molecular complexity index is 1120. The number of hydrogen-bond acceptors (Lipinski definition) is 10. The van der Waals surface area contributed by atoms with Crippen molar-refractivity contribution >= 4 is 46.9 Å². The van der Waals surface area contributed by atoms with Crippen LogP contribution < -0.4 is 27.4 Å². The van der Waals surface area contributed by atoms with Gasteiger partial charge in [0.2, 0.25) is 11.9 Å². The molecule has 0 fully saturated rings. The van der Waals surface area contributed by atoms with Gasteiger partial charge in [0, 0.05) is 31.3 Å². The third-order valence-corrected chi connectivity index (χ3v) is 4.36. The minimum atomic E-state index is -0.382. The first kappa shape index (κ1) is 28.5. The zero-order valence-corrected chi connectivity index (χ0v) is 19.9. The van der Waals surface area contributed by atoms with Gasteiger partial charge in [0.05, 0.1) is 18.4 Å². The van der Waals surface area contributed by atoms with Crippen LogP contribution in [0, 0.1) is 0 Å². The number of carboxylic acid groups (broad SMARTS) is 1. The summed E-state index contributed by atoms with van der Waals surface area (Å²) in [5.41, 5.74) is 19.4. The van der Waals surface area contributed by atoms with Crippen LogP contribution in [0.1, 0.15) is 42.7 Å². The molecule has 188 valence electrons. The van der Waals surface area contributed by atoms with E-state index in [4.69, 9.17) is 27.1 Å². The molecule has 2 heterocycles. The minimum absolute atomic E-state index is 0.0520. The highest BCUT2D eigenvalue weighted by Gasteiger charge is 2.11. The summed E-state index contributed by atoms with van der Waals surface area (Å²) in [4.78, 5) is 49.8. The molecule has 35 heavy (non-hydrogen) atoms. The smallest absolute Gasteiger partial charge is 0.290 e. The molecule has 0 saturated carbocycles. The number of nitrogens with two attached hydrogens (primary N) is 3. The van der Waals surface area contributed by atoms with Crippen LogP contribution in [0.4, 0.5) is 17.5 Å². The van der Waals surface area contributed by atoms with Gasteiger partial charge in [-0.3, -0.25) is 14.4 Å². The van der Waals surface area contributed by atoms with E-state index in [1.54, 1.807) is 18.3 Å². The van der Waals surface area contributed by atoms with Crippen molar-refractivity contribution in [3.63, 3.8) is 0 Å². The predicted molar refractivity (Wildman–Crippen MR) is 133 cm³/mol. The third kappa shape index (κ3) is 9.07. The average molecular weight is 486 g/mol. The van der Waals surface area contributed by atoms with Crippen molar-refractivity contribution in [3.05, 3.63) is 41.7 Å². The standard InChI is InChI=1S/C19H23N9O2.C2H6.CH2O2/c1-28(10-12-9-24-17-15(25-12)16(21)26-19(22)27-17)13-6-4-11(5-7-13)18(30)23-8-2-3-14(20)29;1-2;2-1-3/h4-7,9H,2-3,8,10H2,1H3,(H2,20,29)(H,23,30)(H4,21,22,24,26,27);1-2H3;1H,(H,2,3). The summed E-state index contributed by atoms with van der Waals surface area (Å²) in [7, 11) is 1.90. The van der Waals surface area contributed by atoms with Crippen LogP contribution in [0.5, 0.6) is 0 Å². The quantitative estimate of drug-likeness (QED) is 0.223. The van der Waals surface area contributed by atoms with E-state index < -0.39 is 0 Å². The van der Waals surface area contributed by atoms with Gasteiger partial charge >= 0.3 is 0 Å². The SMILES string of the molecule is CC.CN(Cc1cnc2nc(N)nc(N)c2n1)c1ccc(C(=O)NCCCC(N)=O)cc1.O=CO. The van der Waals surface area contributed by atoms with Crippen molar-refractivity contribution in [2.75, 3.05) is 30.0 Å². The summed E-state index contributed by atoms with van der Waals surface area (Å²) >= 11 is 0. The number of primary amides is 1. The molecule has 0 unspecified atom stereocenters. The van der Waals surface area contributed by atoms with Crippen LogP contribution in [0.25, 0.3) is 11.2 Å². The molecule has 2 amide bonds. The van der Waals surface area contributed by atoms with Crippen LogP contribution >= 0.6 is 0 Å². The summed E-state index contributed by atoms with van der Waals surface area (Å²) in [5.74, 6) is -0.354. The van der Waals surface area contributed by atoms with Gasteiger partial charge in [-0.2, -0.15) is 9.97 Å². The molecule has 0 radical (unpaired) electrons. The highest BCUT2D eigenvalue weighted by Crippen LogP contribution is 2.18. The molecule has 0 aliphatic rings. The van der Waals surface area contributed by atoms with Crippen LogP contribution in [0.3, 0.4) is 0 Å². The van der Waals surface area contributed by atoms with Gasteiger partial charge in [0.1, 0.15) is 0 Å². The molecule has 3 rings (SSSR count). The Balaban J connectivity index is 0.00000114. The number of hydrogen-bond donors (Lipinski definition) is 5. The fourth-order valence-corrected chi connectivity index (χ4v) is 2.83. The summed E-state index contributed by atoms with van der Waals surface area (Å²) in [5, 5.41) is 9.65. The lowest BCUT2D eigenvalue weighted by molar-refractivity contribution is -0.123. The number of nitrogens with one attached hydrogen (secondary N) is 1. The maximum Gasteiger partial charge on any atom is 0.290 e. The molecule has 13 nitrogen and oxygen atoms in total. The van der Waals surface area contributed by atoms with Gasteiger partial charge in [0.25, 0.3) is 12.4 Å². The highest BCUT2D eigenvalue weighted by molar-refractivity contribution is 5.94. The molecule has 13 heteroatoms. The Labute approximate surface area is 202 Å². The van der Waals surface area contributed by atoms with Gasteiger partial charge in [-0.1, -0.05) is 13.8 Å². The van der Waals surface area contributed by atoms with E-state index in [-0.39, 0.29) is 36.5 Å². The van der Waals surface area contributed by atoms with Crippen molar-refractivity contribution in [3.8, 4) is 0 Å². The van der Waals surface area contributed by atoms with Gasteiger partial charge in [0.15, 0.2) is 17.0 Å². The molecular weight excluding hydrogens is 454 g/mol. The number of carbonyl (C=O) groups excluding carboxylic acids is 2. The van der Waals surface area contributed by atoms with E-state index >= 15 is 0 Å².